The van der Waals surface area contributed by atoms with Crippen LogP contribution in [0.3, 0.4) is 0 Å². The summed E-state index contributed by atoms with van der Waals surface area (Å²) in [5.41, 5.74) is 3.21. The first-order valence-electron chi connectivity index (χ1n) is 7.35. The van der Waals surface area contributed by atoms with E-state index in [9.17, 15) is 4.79 Å². The molecule has 0 aliphatic rings. The maximum atomic E-state index is 12.0. The van der Waals surface area contributed by atoms with Crippen LogP contribution in [0.2, 0.25) is 0 Å². The summed E-state index contributed by atoms with van der Waals surface area (Å²) in [4.78, 5) is 12.0. The largest absolute Gasteiger partial charge is 0.337 e. The molecule has 2 amide bonds. The van der Waals surface area contributed by atoms with E-state index in [0.29, 0.717) is 12.5 Å². The van der Waals surface area contributed by atoms with Gasteiger partial charge in [0.25, 0.3) is 0 Å². The van der Waals surface area contributed by atoms with Crippen LogP contribution in [-0.2, 0) is 0 Å². The number of carbonyl (C=O) groups excluding carboxylic acids is 1. The van der Waals surface area contributed by atoms with E-state index < -0.39 is 0 Å². The van der Waals surface area contributed by atoms with E-state index >= 15 is 0 Å². The molecule has 0 bridgehead atoms. The van der Waals surface area contributed by atoms with Crippen LogP contribution in [0.4, 0.5) is 10.5 Å². The highest BCUT2D eigenvalue weighted by Gasteiger charge is 2.10. The van der Waals surface area contributed by atoms with E-state index in [1.807, 2.05) is 49.4 Å². The van der Waals surface area contributed by atoms with Crippen LogP contribution >= 0.6 is 0 Å². The summed E-state index contributed by atoms with van der Waals surface area (Å²) in [6.45, 7) is 4.78. The van der Waals surface area contributed by atoms with Crippen molar-refractivity contribution in [1.82, 2.24) is 5.32 Å². The van der Waals surface area contributed by atoms with Crippen molar-refractivity contribution >= 4 is 11.7 Å². The van der Waals surface area contributed by atoms with Crippen molar-refractivity contribution in [3.05, 3.63) is 65.7 Å². The highest BCUT2D eigenvalue weighted by Crippen LogP contribution is 2.18. The van der Waals surface area contributed by atoms with Crippen molar-refractivity contribution in [3.63, 3.8) is 0 Å². The molecule has 0 heterocycles. The topological polar surface area (TPSA) is 41.1 Å². The fraction of sp³-hybridized carbons (Fsp3) is 0.278. The normalized spacial score (nSPS) is 11.7. The van der Waals surface area contributed by atoms with E-state index in [0.717, 1.165) is 17.7 Å². The van der Waals surface area contributed by atoms with Crippen LogP contribution in [0.15, 0.2) is 54.6 Å². The molecule has 2 rings (SSSR count). The van der Waals surface area contributed by atoms with Crippen LogP contribution in [-0.4, -0.2) is 12.6 Å². The standard InChI is InChI=1S/C18H22N2O/c1-3-15(16-9-5-4-6-10-16)13-19-18(21)20-17-11-7-8-14(2)12-17/h4-12,15H,3,13H2,1-2H3,(H2,19,20,21). The van der Waals surface area contributed by atoms with Crippen molar-refractivity contribution in [3.8, 4) is 0 Å². The number of hydrogen-bond donors (Lipinski definition) is 2. The fourth-order valence-corrected chi connectivity index (χ4v) is 2.34. The van der Waals surface area contributed by atoms with Crippen molar-refractivity contribution in [2.75, 3.05) is 11.9 Å². The van der Waals surface area contributed by atoms with Gasteiger partial charge in [0.15, 0.2) is 0 Å². The maximum Gasteiger partial charge on any atom is 0.319 e. The highest BCUT2D eigenvalue weighted by atomic mass is 16.2. The number of hydrogen-bond acceptors (Lipinski definition) is 1. The zero-order valence-corrected chi connectivity index (χ0v) is 12.6. The summed E-state index contributed by atoms with van der Waals surface area (Å²) >= 11 is 0. The summed E-state index contributed by atoms with van der Waals surface area (Å²) < 4.78 is 0. The summed E-state index contributed by atoms with van der Waals surface area (Å²) in [5, 5.41) is 5.81. The van der Waals surface area contributed by atoms with Crippen molar-refractivity contribution in [2.24, 2.45) is 0 Å². The first kappa shape index (κ1) is 15.1. The third-order valence-corrected chi connectivity index (χ3v) is 3.55. The number of carbonyl (C=O) groups is 1. The lowest BCUT2D eigenvalue weighted by Crippen LogP contribution is -2.32. The van der Waals surface area contributed by atoms with Crippen LogP contribution in [0.25, 0.3) is 0 Å². The minimum absolute atomic E-state index is 0.157. The molecule has 0 aliphatic heterocycles. The van der Waals surface area contributed by atoms with Crippen LogP contribution in [0.5, 0.6) is 0 Å². The Hall–Kier alpha value is -2.29. The SMILES string of the molecule is CCC(CNC(=O)Nc1cccc(C)c1)c1ccccc1. The van der Waals surface area contributed by atoms with Gasteiger partial charge in [-0.2, -0.15) is 0 Å². The molecule has 1 atom stereocenters. The van der Waals surface area contributed by atoms with Crippen molar-refractivity contribution in [2.45, 2.75) is 26.2 Å². The number of amides is 2. The summed E-state index contributed by atoms with van der Waals surface area (Å²) in [6.07, 6.45) is 0.995. The summed E-state index contributed by atoms with van der Waals surface area (Å²) in [7, 11) is 0. The quantitative estimate of drug-likeness (QED) is 0.843. The number of anilines is 1. The number of aryl methyl sites for hydroxylation is 1. The Bertz CT molecular complexity index is 581. The van der Waals surface area contributed by atoms with E-state index in [1.165, 1.54) is 5.56 Å². The zero-order valence-electron chi connectivity index (χ0n) is 12.6. The highest BCUT2D eigenvalue weighted by molar-refractivity contribution is 5.89. The predicted octanol–water partition coefficient (Wildman–Crippen LogP) is 4.31. The average Bonchev–Trinajstić information content (AvgIpc) is 2.49. The number of rotatable bonds is 5. The minimum Gasteiger partial charge on any atom is -0.337 e. The fourth-order valence-electron chi connectivity index (χ4n) is 2.34. The molecule has 0 aliphatic carbocycles. The van der Waals surface area contributed by atoms with E-state index in [2.05, 4.69) is 29.7 Å². The molecule has 2 N–H and O–H groups in total. The minimum atomic E-state index is -0.157. The molecule has 0 radical (unpaired) electrons. The van der Waals surface area contributed by atoms with Gasteiger partial charge in [-0.25, -0.2) is 4.79 Å². The van der Waals surface area contributed by atoms with Crippen molar-refractivity contribution in [1.29, 1.82) is 0 Å². The summed E-state index contributed by atoms with van der Waals surface area (Å²) in [5.74, 6) is 0.342. The summed E-state index contributed by atoms with van der Waals surface area (Å²) in [6, 6.07) is 17.9. The van der Waals surface area contributed by atoms with Gasteiger partial charge in [0.2, 0.25) is 0 Å². The molecule has 0 spiro atoms. The molecular formula is C18H22N2O. The molecule has 0 saturated carbocycles. The maximum absolute atomic E-state index is 12.0. The Kier molecular flexibility index (Phi) is 5.38. The molecule has 0 aromatic heterocycles. The molecule has 3 heteroatoms. The Morgan fingerprint density at radius 3 is 2.52 bits per heavy atom. The molecule has 3 nitrogen and oxygen atoms in total. The van der Waals surface area contributed by atoms with Crippen molar-refractivity contribution < 1.29 is 4.79 Å². The van der Waals surface area contributed by atoms with Gasteiger partial charge in [-0.1, -0.05) is 49.4 Å². The second-order valence-corrected chi connectivity index (χ2v) is 5.22. The van der Waals surface area contributed by atoms with Gasteiger partial charge in [0.1, 0.15) is 0 Å². The monoisotopic (exact) mass is 282 g/mol. The Balaban J connectivity index is 1.88. The first-order valence-corrected chi connectivity index (χ1v) is 7.35. The Morgan fingerprint density at radius 1 is 1.10 bits per heavy atom. The molecule has 2 aromatic carbocycles. The second kappa shape index (κ2) is 7.48. The third kappa shape index (κ3) is 4.63. The molecular weight excluding hydrogens is 260 g/mol. The third-order valence-electron chi connectivity index (χ3n) is 3.55. The molecule has 110 valence electrons. The van der Waals surface area contributed by atoms with Gasteiger partial charge in [0.05, 0.1) is 0 Å². The number of urea groups is 1. The molecule has 21 heavy (non-hydrogen) atoms. The predicted molar refractivity (Wildman–Crippen MR) is 87.7 cm³/mol. The van der Waals surface area contributed by atoms with E-state index in [4.69, 9.17) is 0 Å². The Labute approximate surface area is 126 Å². The van der Waals surface area contributed by atoms with Gasteiger partial charge in [-0.05, 0) is 36.6 Å². The Morgan fingerprint density at radius 2 is 1.86 bits per heavy atom. The van der Waals surface area contributed by atoms with Crippen LogP contribution < -0.4 is 10.6 Å². The lowest BCUT2D eigenvalue weighted by molar-refractivity contribution is 0.251. The number of benzene rings is 2. The van der Waals surface area contributed by atoms with Gasteiger partial charge in [0, 0.05) is 18.2 Å². The zero-order chi connectivity index (χ0) is 15.1. The second-order valence-electron chi connectivity index (χ2n) is 5.22. The average molecular weight is 282 g/mol. The molecule has 0 saturated heterocycles. The van der Waals surface area contributed by atoms with E-state index in [-0.39, 0.29) is 6.03 Å². The lowest BCUT2D eigenvalue weighted by Gasteiger charge is -2.16. The first-order chi connectivity index (χ1) is 10.2. The molecule has 1 unspecified atom stereocenters. The van der Waals surface area contributed by atoms with Gasteiger partial charge >= 0.3 is 6.03 Å². The van der Waals surface area contributed by atoms with Crippen LogP contribution in [0.1, 0.15) is 30.4 Å². The molecule has 0 fully saturated rings. The van der Waals surface area contributed by atoms with Gasteiger partial charge < -0.3 is 10.6 Å². The van der Waals surface area contributed by atoms with Crippen LogP contribution in [0, 0.1) is 6.92 Å². The number of nitrogens with one attached hydrogen (secondary N) is 2. The van der Waals surface area contributed by atoms with E-state index in [1.54, 1.807) is 0 Å². The smallest absolute Gasteiger partial charge is 0.319 e. The molecule has 2 aromatic rings. The lowest BCUT2D eigenvalue weighted by atomic mass is 9.97. The van der Waals surface area contributed by atoms with Gasteiger partial charge in [-0.15, -0.1) is 0 Å². The van der Waals surface area contributed by atoms with Gasteiger partial charge in [-0.3, -0.25) is 0 Å².